The van der Waals surface area contributed by atoms with Gasteiger partial charge in [-0.15, -0.1) is 0 Å². The number of likely N-dealkylation sites (N-methyl/N-ethyl adjacent to an activating group) is 1. The quantitative estimate of drug-likeness (QED) is 0.488. The highest BCUT2D eigenvalue weighted by Crippen LogP contribution is 2.36. The van der Waals surface area contributed by atoms with E-state index in [1.807, 2.05) is 0 Å². The number of carbonyl (C=O) groups excluding carboxylic acids is 2. The van der Waals surface area contributed by atoms with Crippen molar-refractivity contribution in [2.24, 2.45) is 0 Å². The van der Waals surface area contributed by atoms with E-state index in [0.717, 1.165) is 0 Å². The third-order valence-electron chi connectivity index (χ3n) is 3.07. The van der Waals surface area contributed by atoms with E-state index in [9.17, 15) is 9.59 Å². The van der Waals surface area contributed by atoms with Crippen molar-refractivity contribution < 1.29 is 19.1 Å². The smallest absolute Gasteiger partial charge is 0.265 e. The average Bonchev–Trinajstić information content (AvgIpc) is 2.48. The van der Waals surface area contributed by atoms with E-state index >= 15 is 0 Å². The summed E-state index contributed by atoms with van der Waals surface area (Å²) < 4.78 is 11.1. The summed E-state index contributed by atoms with van der Waals surface area (Å²) in [7, 11) is 4.53. The molecular formula is C14H13BrN2O4S. The number of amides is 2. The monoisotopic (exact) mass is 384 g/mol. The van der Waals surface area contributed by atoms with Crippen molar-refractivity contribution in [3.63, 3.8) is 0 Å². The number of carbonyl (C=O) groups is 2. The molecule has 0 saturated carbocycles. The molecule has 0 aliphatic carbocycles. The maximum absolute atomic E-state index is 12.2. The predicted octanol–water partition coefficient (Wildman–Crippen LogP) is 1.72. The Bertz CT molecular complexity index is 702. The molecule has 1 fully saturated rings. The fraction of sp³-hybridized carbons (Fsp3) is 0.214. The molecule has 0 radical (unpaired) electrons. The van der Waals surface area contributed by atoms with Crippen molar-refractivity contribution in [3.05, 3.63) is 27.7 Å². The Morgan fingerprint density at radius 2 is 1.95 bits per heavy atom. The molecule has 8 heteroatoms. The topological polar surface area (TPSA) is 67.9 Å². The number of thiocarbonyl (C=S) groups is 1. The Kier molecular flexibility index (Phi) is 4.82. The summed E-state index contributed by atoms with van der Waals surface area (Å²) in [5, 5.41) is 2.54. The zero-order chi connectivity index (χ0) is 16.4. The first kappa shape index (κ1) is 16.4. The predicted molar refractivity (Wildman–Crippen MR) is 88.7 cm³/mol. The Morgan fingerprint density at radius 1 is 1.27 bits per heavy atom. The van der Waals surface area contributed by atoms with Crippen LogP contribution in [0.4, 0.5) is 0 Å². The summed E-state index contributed by atoms with van der Waals surface area (Å²) in [6.45, 7) is 0. The number of hydrogen-bond acceptors (Lipinski definition) is 5. The summed E-state index contributed by atoms with van der Waals surface area (Å²) in [5.41, 5.74) is 0.611. The minimum atomic E-state index is -0.529. The van der Waals surface area contributed by atoms with Crippen LogP contribution in [0.25, 0.3) is 6.08 Å². The Labute approximate surface area is 141 Å². The second-order valence-corrected chi connectivity index (χ2v) is 5.66. The lowest BCUT2D eigenvalue weighted by molar-refractivity contribution is -0.128. The van der Waals surface area contributed by atoms with E-state index in [1.54, 1.807) is 12.1 Å². The molecule has 0 unspecified atom stereocenters. The van der Waals surface area contributed by atoms with Gasteiger partial charge in [0, 0.05) is 7.05 Å². The fourth-order valence-electron chi connectivity index (χ4n) is 1.93. The van der Waals surface area contributed by atoms with Gasteiger partial charge in [-0.25, -0.2) is 0 Å². The number of benzene rings is 1. The molecule has 116 valence electrons. The molecule has 1 heterocycles. The van der Waals surface area contributed by atoms with Gasteiger partial charge in [-0.1, -0.05) is 0 Å². The third-order valence-corrected chi connectivity index (χ3v) is 4.04. The number of methoxy groups -OCH3 is 2. The van der Waals surface area contributed by atoms with E-state index in [4.69, 9.17) is 21.7 Å². The standard InChI is InChI=1S/C14H13BrN2O4S/c1-17-13(19)8(12(18)16-14(17)22)4-7-5-9(15)11(21-3)10(6-7)20-2/h4-6H,1-3H3,(H,16,18,22). The normalized spacial score (nSPS) is 16.8. The van der Waals surface area contributed by atoms with E-state index in [2.05, 4.69) is 21.2 Å². The van der Waals surface area contributed by atoms with Crippen LogP contribution in [0.15, 0.2) is 22.2 Å². The molecule has 1 aromatic carbocycles. The highest BCUT2D eigenvalue weighted by molar-refractivity contribution is 9.10. The summed E-state index contributed by atoms with van der Waals surface area (Å²) in [6, 6.07) is 3.39. The van der Waals surface area contributed by atoms with E-state index < -0.39 is 11.8 Å². The van der Waals surface area contributed by atoms with Crippen LogP contribution in [0, 0.1) is 0 Å². The van der Waals surface area contributed by atoms with Crippen molar-refractivity contribution in [1.29, 1.82) is 0 Å². The largest absolute Gasteiger partial charge is 0.493 e. The lowest BCUT2D eigenvalue weighted by Gasteiger charge is -2.25. The van der Waals surface area contributed by atoms with E-state index in [1.165, 1.54) is 32.2 Å². The molecule has 1 aliphatic heterocycles. The van der Waals surface area contributed by atoms with Gasteiger partial charge in [0.05, 0.1) is 18.7 Å². The number of nitrogens with zero attached hydrogens (tertiary/aromatic N) is 1. The summed E-state index contributed by atoms with van der Waals surface area (Å²) in [5.74, 6) is 0.0253. The van der Waals surface area contributed by atoms with Crippen LogP contribution in [-0.2, 0) is 9.59 Å². The number of nitrogens with one attached hydrogen (secondary N) is 1. The SMILES string of the molecule is COc1cc(C=C2C(=O)NC(=S)N(C)C2=O)cc(Br)c1OC. The van der Waals surface area contributed by atoms with Gasteiger partial charge in [-0.2, -0.15) is 0 Å². The first-order chi connectivity index (χ1) is 10.4. The van der Waals surface area contributed by atoms with Crippen LogP contribution in [-0.4, -0.2) is 43.1 Å². The molecule has 0 atom stereocenters. The van der Waals surface area contributed by atoms with Gasteiger partial charge in [0.2, 0.25) is 0 Å². The Balaban J connectivity index is 2.48. The summed E-state index contributed by atoms with van der Waals surface area (Å²) in [4.78, 5) is 25.3. The second-order valence-electron chi connectivity index (χ2n) is 4.42. The maximum Gasteiger partial charge on any atom is 0.265 e. The molecular weight excluding hydrogens is 372 g/mol. The minimum absolute atomic E-state index is 0.00443. The maximum atomic E-state index is 12.2. The zero-order valence-corrected chi connectivity index (χ0v) is 14.5. The van der Waals surface area contributed by atoms with E-state index in [-0.39, 0.29) is 10.7 Å². The third kappa shape index (κ3) is 2.97. The lowest BCUT2D eigenvalue weighted by Crippen LogP contribution is -2.52. The van der Waals surface area contributed by atoms with Crippen LogP contribution in [0.3, 0.4) is 0 Å². The van der Waals surface area contributed by atoms with Crippen LogP contribution in [0.1, 0.15) is 5.56 Å². The van der Waals surface area contributed by atoms with Crippen LogP contribution >= 0.6 is 28.1 Å². The molecule has 6 nitrogen and oxygen atoms in total. The van der Waals surface area contributed by atoms with Gasteiger partial charge < -0.3 is 9.47 Å². The molecule has 0 spiro atoms. The van der Waals surface area contributed by atoms with Gasteiger partial charge in [-0.05, 0) is 51.9 Å². The molecule has 1 saturated heterocycles. The molecule has 1 aromatic rings. The van der Waals surface area contributed by atoms with Crippen molar-refractivity contribution in [2.75, 3.05) is 21.3 Å². The van der Waals surface area contributed by atoms with Crippen molar-refractivity contribution in [2.45, 2.75) is 0 Å². The van der Waals surface area contributed by atoms with Crippen LogP contribution < -0.4 is 14.8 Å². The lowest BCUT2D eigenvalue weighted by atomic mass is 10.1. The van der Waals surface area contributed by atoms with E-state index in [0.29, 0.717) is 21.5 Å². The zero-order valence-electron chi connectivity index (χ0n) is 12.1. The fourth-order valence-corrected chi connectivity index (χ4v) is 2.73. The Hall–Kier alpha value is -1.93. The average molecular weight is 385 g/mol. The molecule has 22 heavy (non-hydrogen) atoms. The van der Waals surface area contributed by atoms with Crippen molar-refractivity contribution >= 4 is 51.2 Å². The number of ether oxygens (including phenoxy) is 2. The van der Waals surface area contributed by atoms with Crippen molar-refractivity contribution in [1.82, 2.24) is 10.2 Å². The first-order valence-electron chi connectivity index (χ1n) is 6.15. The molecule has 1 aliphatic rings. The molecule has 2 rings (SSSR count). The summed E-state index contributed by atoms with van der Waals surface area (Å²) in [6.07, 6.45) is 1.47. The molecule has 2 amide bonds. The minimum Gasteiger partial charge on any atom is -0.493 e. The van der Waals surface area contributed by atoms with Gasteiger partial charge in [0.15, 0.2) is 16.6 Å². The summed E-state index contributed by atoms with van der Waals surface area (Å²) >= 11 is 8.26. The second kappa shape index (κ2) is 6.45. The van der Waals surface area contributed by atoms with Gasteiger partial charge in [0.25, 0.3) is 11.8 Å². The van der Waals surface area contributed by atoms with Gasteiger partial charge in [0.1, 0.15) is 5.57 Å². The molecule has 0 aromatic heterocycles. The molecule has 0 bridgehead atoms. The van der Waals surface area contributed by atoms with Crippen molar-refractivity contribution in [3.8, 4) is 11.5 Å². The van der Waals surface area contributed by atoms with Gasteiger partial charge in [-0.3, -0.25) is 19.8 Å². The number of halogens is 1. The van der Waals surface area contributed by atoms with Gasteiger partial charge >= 0.3 is 0 Å². The molecule has 1 N–H and O–H groups in total. The highest BCUT2D eigenvalue weighted by atomic mass is 79.9. The number of hydrogen-bond donors (Lipinski definition) is 1. The Morgan fingerprint density at radius 3 is 2.55 bits per heavy atom. The number of rotatable bonds is 3. The highest BCUT2D eigenvalue weighted by Gasteiger charge is 2.30. The van der Waals surface area contributed by atoms with Crippen LogP contribution in [0.2, 0.25) is 0 Å². The first-order valence-corrected chi connectivity index (χ1v) is 7.35. The van der Waals surface area contributed by atoms with Crippen LogP contribution in [0.5, 0.6) is 11.5 Å².